The first-order valence-electron chi connectivity index (χ1n) is 7.86. The molecule has 0 spiro atoms. The first-order chi connectivity index (χ1) is 12.8. The Balaban J connectivity index is 1.84. The molecule has 1 heterocycles. The molecular formula is C18H16N4O4S. The molecule has 2 N–H and O–H groups in total. The van der Waals surface area contributed by atoms with Crippen LogP contribution in [0.3, 0.4) is 0 Å². The first-order valence-corrected chi connectivity index (χ1v) is 9.76. The van der Waals surface area contributed by atoms with E-state index >= 15 is 0 Å². The normalized spacial score (nSPS) is 11.0. The number of hydrogen-bond donors (Lipinski definition) is 2. The highest BCUT2D eigenvalue weighted by Crippen LogP contribution is 2.29. The van der Waals surface area contributed by atoms with Gasteiger partial charge in [-0.1, -0.05) is 18.2 Å². The molecule has 0 amide bonds. The van der Waals surface area contributed by atoms with Crippen molar-refractivity contribution in [1.82, 2.24) is 4.98 Å². The van der Waals surface area contributed by atoms with Crippen LogP contribution in [-0.2, 0) is 9.84 Å². The van der Waals surface area contributed by atoms with Gasteiger partial charge < -0.3 is 10.6 Å². The molecule has 27 heavy (non-hydrogen) atoms. The third-order valence-corrected chi connectivity index (χ3v) is 4.80. The molecule has 0 unspecified atom stereocenters. The van der Waals surface area contributed by atoms with E-state index in [0.717, 1.165) is 18.0 Å². The summed E-state index contributed by atoms with van der Waals surface area (Å²) < 4.78 is 24.0. The van der Waals surface area contributed by atoms with Crippen molar-refractivity contribution in [2.75, 3.05) is 16.9 Å². The number of nitrogens with one attached hydrogen (secondary N) is 2. The SMILES string of the molecule is CS(=O)(=O)c1cc([N+](=O)[O-])ccc1Nc1ccc(Nc2ccccc2)nc1. The number of anilines is 4. The van der Waals surface area contributed by atoms with E-state index in [1.165, 1.54) is 12.1 Å². The molecule has 9 heteroatoms. The second kappa shape index (κ2) is 7.42. The van der Waals surface area contributed by atoms with Crippen LogP contribution in [0.2, 0.25) is 0 Å². The molecule has 3 rings (SSSR count). The van der Waals surface area contributed by atoms with Crippen molar-refractivity contribution in [2.24, 2.45) is 0 Å². The van der Waals surface area contributed by atoms with Crippen LogP contribution < -0.4 is 10.6 Å². The van der Waals surface area contributed by atoms with E-state index in [1.807, 2.05) is 30.3 Å². The van der Waals surface area contributed by atoms with Gasteiger partial charge in [0.25, 0.3) is 5.69 Å². The second-order valence-electron chi connectivity index (χ2n) is 5.76. The number of sulfone groups is 1. The highest BCUT2D eigenvalue weighted by molar-refractivity contribution is 7.90. The van der Waals surface area contributed by atoms with Crippen molar-refractivity contribution in [3.05, 3.63) is 77.0 Å². The summed E-state index contributed by atoms with van der Waals surface area (Å²) in [5.74, 6) is 0.624. The molecule has 0 aliphatic carbocycles. The van der Waals surface area contributed by atoms with E-state index in [9.17, 15) is 18.5 Å². The lowest BCUT2D eigenvalue weighted by molar-refractivity contribution is -0.385. The van der Waals surface area contributed by atoms with Crippen LogP contribution in [0, 0.1) is 10.1 Å². The fourth-order valence-electron chi connectivity index (χ4n) is 2.40. The Morgan fingerprint density at radius 3 is 2.30 bits per heavy atom. The number of non-ortho nitro benzene ring substituents is 1. The zero-order valence-corrected chi connectivity index (χ0v) is 15.1. The minimum absolute atomic E-state index is 0.150. The lowest BCUT2D eigenvalue weighted by Crippen LogP contribution is -2.04. The third-order valence-electron chi connectivity index (χ3n) is 3.66. The first kappa shape index (κ1) is 18.3. The maximum absolute atomic E-state index is 12.0. The molecule has 0 fully saturated rings. The van der Waals surface area contributed by atoms with Crippen molar-refractivity contribution in [2.45, 2.75) is 4.90 Å². The van der Waals surface area contributed by atoms with Crippen LogP contribution >= 0.6 is 0 Å². The van der Waals surface area contributed by atoms with Gasteiger partial charge in [0.2, 0.25) is 0 Å². The quantitative estimate of drug-likeness (QED) is 0.489. The Bertz CT molecular complexity index is 1070. The van der Waals surface area contributed by atoms with E-state index in [-0.39, 0.29) is 16.3 Å². The Morgan fingerprint density at radius 2 is 1.70 bits per heavy atom. The Kier molecular flexibility index (Phi) is 5.04. The van der Waals surface area contributed by atoms with Crippen LogP contribution in [0.5, 0.6) is 0 Å². The lowest BCUT2D eigenvalue weighted by Gasteiger charge is -2.11. The van der Waals surface area contributed by atoms with Crippen molar-refractivity contribution in [3.63, 3.8) is 0 Å². The topological polar surface area (TPSA) is 114 Å². The molecule has 0 saturated carbocycles. The third kappa shape index (κ3) is 4.59. The summed E-state index contributed by atoms with van der Waals surface area (Å²) in [6.07, 6.45) is 2.54. The predicted molar refractivity (Wildman–Crippen MR) is 103 cm³/mol. The summed E-state index contributed by atoms with van der Waals surface area (Å²) in [4.78, 5) is 14.4. The molecule has 138 valence electrons. The number of aromatic nitrogens is 1. The molecule has 1 aromatic heterocycles. The van der Waals surface area contributed by atoms with Gasteiger partial charge in [0.05, 0.1) is 27.4 Å². The molecule has 8 nitrogen and oxygen atoms in total. The van der Waals surface area contributed by atoms with E-state index in [1.54, 1.807) is 18.3 Å². The van der Waals surface area contributed by atoms with E-state index < -0.39 is 14.8 Å². The van der Waals surface area contributed by atoms with Gasteiger partial charge in [-0.15, -0.1) is 0 Å². The number of para-hydroxylation sites is 1. The highest BCUT2D eigenvalue weighted by Gasteiger charge is 2.18. The average molecular weight is 384 g/mol. The smallest absolute Gasteiger partial charge is 0.270 e. The summed E-state index contributed by atoms with van der Waals surface area (Å²) in [5.41, 5.74) is 1.39. The molecule has 3 aromatic rings. The molecule has 0 aliphatic heterocycles. The van der Waals surface area contributed by atoms with Gasteiger partial charge in [-0.2, -0.15) is 0 Å². The summed E-state index contributed by atoms with van der Waals surface area (Å²) in [7, 11) is -3.66. The maximum Gasteiger partial charge on any atom is 0.270 e. The number of pyridine rings is 1. The average Bonchev–Trinajstić information content (AvgIpc) is 2.63. The Labute approximate surface area is 156 Å². The van der Waals surface area contributed by atoms with Crippen LogP contribution in [0.15, 0.2) is 71.8 Å². The molecule has 0 bridgehead atoms. The summed E-state index contributed by atoms with van der Waals surface area (Å²) in [6.45, 7) is 0. The van der Waals surface area contributed by atoms with Gasteiger partial charge in [0, 0.05) is 24.1 Å². The van der Waals surface area contributed by atoms with Gasteiger partial charge in [0.15, 0.2) is 9.84 Å². The molecule has 0 saturated heterocycles. The monoisotopic (exact) mass is 384 g/mol. The molecular weight excluding hydrogens is 368 g/mol. The fourth-order valence-corrected chi connectivity index (χ4v) is 3.25. The van der Waals surface area contributed by atoms with Crippen LogP contribution in [0.1, 0.15) is 0 Å². The molecule has 0 radical (unpaired) electrons. The number of nitrogens with zero attached hydrogens (tertiary/aromatic N) is 2. The van der Waals surface area contributed by atoms with E-state index in [0.29, 0.717) is 11.5 Å². The maximum atomic E-state index is 12.0. The number of nitro benzene ring substituents is 1. The summed E-state index contributed by atoms with van der Waals surface area (Å²) in [5, 5.41) is 17.0. The number of nitro groups is 1. The predicted octanol–water partition coefficient (Wildman–Crippen LogP) is 3.88. The largest absolute Gasteiger partial charge is 0.353 e. The summed E-state index contributed by atoms with van der Waals surface area (Å²) in [6, 6.07) is 16.6. The van der Waals surface area contributed by atoms with Gasteiger partial charge >= 0.3 is 0 Å². The van der Waals surface area contributed by atoms with Crippen LogP contribution in [0.25, 0.3) is 0 Å². The Morgan fingerprint density at radius 1 is 0.963 bits per heavy atom. The fraction of sp³-hybridized carbons (Fsp3) is 0.0556. The lowest BCUT2D eigenvalue weighted by atomic mass is 10.2. The second-order valence-corrected chi connectivity index (χ2v) is 7.74. The molecule has 2 aromatic carbocycles. The Hall–Kier alpha value is -3.46. The van der Waals surface area contributed by atoms with Crippen LogP contribution in [-0.4, -0.2) is 24.6 Å². The minimum atomic E-state index is -3.66. The van der Waals surface area contributed by atoms with Gasteiger partial charge in [-0.3, -0.25) is 10.1 Å². The number of benzene rings is 2. The van der Waals surface area contributed by atoms with Gasteiger partial charge in [-0.05, 0) is 30.3 Å². The van der Waals surface area contributed by atoms with Crippen molar-refractivity contribution >= 4 is 38.4 Å². The van der Waals surface area contributed by atoms with E-state index in [4.69, 9.17) is 0 Å². The van der Waals surface area contributed by atoms with Crippen molar-refractivity contribution < 1.29 is 13.3 Å². The van der Waals surface area contributed by atoms with Gasteiger partial charge in [0.1, 0.15) is 5.82 Å². The number of hydrogen-bond acceptors (Lipinski definition) is 7. The summed E-state index contributed by atoms with van der Waals surface area (Å²) >= 11 is 0. The highest BCUT2D eigenvalue weighted by atomic mass is 32.2. The standard InChI is InChI=1S/C18H16N4O4S/c1-27(25,26)17-11-15(22(23)24)8-9-16(17)20-14-7-10-18(19-12-14)21-13-5-3-2-4-6-13/h2-12,20H,1H3,(H,19,21). The molecule has 0 aliphatic rings. The molecule has 0 atom stereocenters. The van der Waals surface area contributed by atoms with Crippen molar-refractivity contribution in [3.8, 4) is 0 Å². The van der Waals surface area contributed by atoms with Gasteiger partial charge in [-0.25, -0.2) is 13.4 Å². The number of rotatable bonds is 6. The zero-order chi connectivity index (χ0) is 19.4. The zero-order valence-electron chi connectivity index (χ0n) is 14.3. The van der Waals surface area contributed by atoms with E-state index in [2.05, 4.69) is 15.6 Å². The minimum Gasteiger partial charge on any atom is -0.353 e. The van der Waals surface area contributed by atoms with Crippen molar-refractivity contribution in [1.29, 1.82) is 0 Å². The van der Waals surface area contributed by atoms with Crippen LogP contribution in [0.4, 0.5) is 28.6 Å².